The van der Waals surface area contributed by atoms with Crippen LogP contribution in [0.15, 0.2) is 24.3 Å². The molecule has 0 radical (unpaired) electrons. The molecule has 0 atom stereocenters. The molecular formula is C17H26O2. The SMILES string of the molecule is COc1cc(C(C)C)ccc1/C=C/CCC(C)(C)O. The number of hydrogen-bond acceptors (Lipinski definition) is 2. The van der Waals surface area contributed by atoms with Crippen LogP contribution in [0.5, 0.6) is 5.75 Å². The molecule has 1 aromatic rings. The van der Waals surface area contributed by atoms with Gasteiger partial charge in [0, 0.05) is 5.56 Å². The third-order valence-electron chi connectivity index (χ3n) is 3.14. The maximum Gasteiger partial charge on any atom is 0.126 e. The van der Waals surface area contributed by atoms with Crippen molar-refractivity contribution in [1.82, 2.24) is 0 Å². The first-order valence-corrected chi connectivity index (χ1v) is 6.90. The van der Waals surface area contributed by atoms with Gasteiger partial charge < -0.3 is 9.84 Å². The van der Waals surface area contributed by atoms with E-state index in [4.69, 9.17) is 4.74 Å². The van der Waals surface area contributed by atoms with Crippen molar-refractivity contribution in [2.75, 3.05) is 7.11 Å². The van der Waals surface area contributed by atoms with Gasteiger partial charge in [-0.2, -0.15) is 0 Å². The van der Waals surface area contributed by atoms with Gasteiger partial charge in [0.2, 0.25) is 0 Å². The summed E-state index contributed by atoms with van der Waals surface area (Å²) in [5, 5.41) is 9.65. The van der Waals surface area contributed by atoms with Crippen LogP contribution in [0.2, 0.25) is 0 Å². The topological polar surface area (TPSA) is 29.5 Å². The van der Waals surface area contributed by atoms with E-state index in [0.29, 0.717) is 5.92 Å². The maximum atomic E-state index is 9.65. The van der Waals surface area contributed by atoms with E-state index in [2.05, 4.69) is 44.2 Å². The van der Waals surface area contributed by atoms with Crippen molar-refractivity contribution in [2.45, 2.75) is 52.1 Å². The van der Waals surface area contributed by atoms with Gasteiger partial charge in [0.25, 0.3) is 0 Å². The molecule has 0 aliphatic heterocycles. The Morgan fingerprint density at radius 1 is 1.32 bits per heavy atom. The molecule has 106 valence electrons. The second-order valence-electron chi connectivity index (χ2n) is 5.91. The molecule has 0 aliphatic carbocycles. The zero-order chi connectivity index (χ0) is 14.5. The lowest BCUT2D eigenvalue weighted by Crippen LogP contribution is -2.17. The minimum atomic E-state index is -0.601. The smallest absolute Gasteiger partial charge is 0.126 e. The van der Waals surface area contributed by atoms with Crippen molar-refractivity contribution in [3.8, 4) is 5.75 Å². The van der Waals surface area contributed by atoms with Gasteiger partial charge in [0.05, 0.1) is 12.7 Å². The maximum absolute atomic E-state index is 9.65. The second-order valence-corrected chi connectivity index (χ2v) is 5.91. The number of allylic oxidation sites excluding steroid dienone is 1. The van der Waals surface area contributed by atoms with E-state index in [1.807, 2.05) is 13.8 Å². The van der Waals surface area contributed by atoms with Gasteiger partial charge in [-0.1, -0.05) is 38.1 Å². The van der Waals surface area contributed by atoms with Gasteiger partial charge in [0.15, 0.2) is 0 Å². The summed E-state index contributed by atoms with van der Waals surface area (Å²) in [7, 11) is 1.70. The van der Waals surface area contributed by atoms with E-state index in [9.17, 15) is 5.11 Å². The van der Waals surface area contributed by atoms with E-state index in [-0.39, 0.29) is 0 Å². The molecule has 0 aromatic heterocycles. The van der Waals surface area contributed by atoms with E-state index in [1.165, 1.54) is 5.56 Å². The van der Waals surface area contributed by atoms with Crippen LogP contribution in [0.4, 0.5) is 0 Å². The van der Waals surface area contributed by atoms with E-state index >= 15 is 0 Å². The van der Waals surface area contributed by atoms with Crippen LogP contribution in [0, 0.1) is 0 Å². The zero-order valence-corrected chi connectivity index (χ0v) is 12.7. The first-order chi connectivity index (χ1) is 8.83. The lowest BCUT2D eigenvalue weighted by atomic mass is 10.00. The molecule has 0 saturated heterocycles. The summed E-state index contributed by atoms with van der Waals surface area (Å²) >= 11 is 0. The van der Waals surface area contributed by atoms with Crippen molar-refractivity contribution >= 4 is 6.08 Å². The summed E-state index contributed by atoms with van der Waals surface area (Å²) in [6, 6.07) is 6.33. The molecule has 0 saturated carbocycles. The van der Waals surface area contributed by atoms with Gasteiger partial charge >= 0.3 is 0 Å². The zero-order valence-electron chi connectivity index (χ0n) is 12.7. The highest BCUT2D eigenvalue weighted by molar-refractivity contribution is 5.58. The second kappa shape index (κ2) is 6.76. The number of hydrogen-bond donors (Lipinski definition) is 1. The molecule has 2 heteroatoms. The fourth-order valence-electron chi connectivity index (χ4n) is 1.87. The van der Waals surface area contributed by atoms with Crippen molar-refractivity contribution < 1.29 is 9.84 Å². The van der Waals surface area contributed by atoms with Crippen LogP contribution in [-0.2, 0) is 0 Å². The Morgan fingerprint density at radius 2 is 2.00 bits per heavy atom. The standard InChI is InChI=1S/C17H26O2/c1-13(2)15-10-9-14(16(12-15)19-5)8-6-7-11-17(3,4)18/h6,8-10,12-13,18H,7,11H2,1-5H3/b8-6+. The normalized spacial score (nSPS) is 12.4. The third-order valence-corrected chi connectivity index (χ3v) is 3.14. The fourth-order valence-corrected chi connectivity index (χ4v) is 1.87. The quantitative estimate of drug-likeness (QED) is 0.824. The number of rotatable bonds is 6. The van der Waals surface area contributed by atoms with Crippen molar-refractivity contribution in [3.05, 3.63) is 35.4 Å². The molecule has 0 amide bonds. The summed E-state index contributed by atoms with van der Waals surface area (Å²) in [5.74, 6) is 1.41. The highest BCUT2D eigenvalue weighted by atomic mass is 16.5. The molecule has 0 aliphatic rings. The Morgan fingerprint density at radius 3 is 2.53 bits per heavy atom. The van der Waals surface area contributed by atoms with Crippen LogP contribution in [0.25, 0.3) is 6.08 Å². The molecule has 0 bridgehead atoms. The predicted molar refractivity (Wildman–Crippen MR) is 81.6 cm³/mol. The molecule has 1 aromatic carbocycles. The van der Waals surface area contributed by atoms with Crippen LogP contribution < -0.4 is 4.74 Å². The van der Waals surface area contributed by atoms with Gasteiger partial charge in [-0.3, -0.25) is 0 Å². The Hall–Kier alpha value is -1.28. The Labute approximate surface area is 117 Å². The van der Waals surface area contributed by atoms with Crippen molar-refractivity contribution in [3.63, 3.8) is 0 Å². The summed E-state index contributed by atoms with van der Waals surface area (Å²) in [6.45, 7) is 8.01. The molecule has 0 spiro atoms. The van der Waals surface area contributed by atoms with Gasteiger partial charge in [-0.25, -0.2) is 0 Å². The number of ether oxygens (including phenoxy) is 1. The van der Waals surface area contributed by atoms with E-state index in [1.54, 1.807) is 7.11 Å². The number of aliphatic hydroxyl groups is 1. The van der Waals surface area contributed by atoms with Crippen LogP contribution in [-0.4, -0.2) is 17.8 Å². The molecule has 0 fully saturated rings. The van der Waals surface area contributed by atoms with Crippen molar-refractivity contribution in [1.29, 1.82) is 0 Å². The Balaban J connectivity index is 2.75. The third kappa shape index (κ3) is 5.48. The fraction of sp³-hybridized carbons (Fsp3) is 0.529. The largest absolute Gasteiger partial charge is 0.496 e. The first-order valence-electron chi connectivity index (χ1n) is 6.90. The molecule has 1 rings (SSSR count). The Bertz CT molecular complexity index is 425. The van der Waals surface area contributed by atoms with Crippen LogP contribution >= 0.6 is 0 Å². The van der Waals surface area contributed by atoms with Crippen LogP contribution in [0.1, 0.15) is 57.6 Å². The summed E-state index contributed by atoms with van der Waals surface area (Å²) in [6.07, 6.45) is 5.77. The number of methoxy groups -OCH3 is 1. The average Bonchev–Trinajstić information content (AvgIpc) is 2.33. The number of benzene rings is 1. The lowest BCUT2D eigenvalue weighted by molar-refractivity contribution is 0.0722. The highest BCUT2D eigenvalue weighted by Gasteiger charge is 2.10. The van der Waals surface area contributed by atoms with Gasteiger partial charge in [0.1, 0.15) is 5.75 Å². The predicted octanol–water partition coefficient (Wildman–Crippen LogP) is 4.38. The average molecular weight is 262 g/mol. The van der Waals surface area contributed by atoms with E-state index in [0.717, 1.165) is 24.2 Å². The van der Waals surface area contributed by atoms with Gasteiger partial charge in [-0.15, -0.1) is 0 Å². The molecule has 0 unspecified atom stereocenters. The minimum Gasteiger partial charge on any atom is -0.496 e. The van der Waals surface area contributed by atoms with Crippen LogP contribution in [0.3, 0.4) is 0 Å². The summed E-state index contributed by atoms with van der Waals surface area (Å²) in [5.41, 5.74) is 1.77. The Kier molecular flexibility index (Phi) is 5.61. The highest BCUT2D eigenvalue weighted by Crippen LogP contribution is 2.26. The molecule has 2 nitrogen and oxygen atoms in total. The molecule has 1 N–H and O–H groups in total. The van der Waals surface area contributed by atoms with Gasteiger partial charge in [-0.05, 0) is 44.2 Å². The molecule has 19 heavy (non-hydrogen) atoms. The molecule has 0 heterocycles. The summed E-state index contributed by atoms with van der Waals surface area (Å²) in [4.78, 5) is 0. The lowest BCUT2D eigenvalue weighted by Gasteiger charge is -2.15. The monoisotopic (exact) mass is 262 g/mol. The van der Waals surface area contributed by atoms with E-state index < -0.39 is 5.60 Å². The molecular weight excluding hydrogens is 236 g/mol. The van der Waals surface area contributed by atoms with Crippen molar-refractivity contribution in [2.24, 2.45) is 0 Å². The first kappa shape index (κ1) is 15.8. The summed E-state index contributed by atoms with van der Waals surface area (Å²) < 4.78 is 5.43. The minimum absolute atomic E-state index is 0.502.